The van der Waals surface area contributed by atoms with Crippen molar-refractivity contribution >= 4 is 34.3 Å². The quantitative estimate of drug-likeness (QED) is 0.712. The van der Waals surface area contributed by atoms with Gasteiger partial charge in [-0.3, -0.25) is 14.2 Å². The monoisotopic (exact) mass is 353 g/mol. The predicted octanol–water partition coefficient (Wildman–Crippen LogP) is 2.97. The summed E-state index contributed by atoms with van der Waals surface area (Å²) in [4.78, 5) is 35.6. The zero-order chi connectivity index (χ0) is 18.5. The summed E-state index contributed by atoms with van der Waals surface area (Å²) in [6.45, 7) is 1.98. The Balaban J connectivity index is 1.64. The number of amides is 2. The molecule has 1 aromatic heterocycles. The van der Waals surface area contributed by atoms with Gasteiger partial charge in [0.2, 0.25) is 11.8 Å². The second-order valence-electron chi connectivity index (χ2n) is 5.77. The second kappa shape index (κ2) is 7.69. The standard InChI is InChI=1S/C19H19N3O4/c1-2-17(23)20-13-6-5-7-14(12-13)21-18(24)10-11-22-15-8-3-4-9-16(15)26-19(22)25/h3-9,12H,2,10-11H2,1H3,(H,20,23)(H,21,24). The van der Waals surface area contributed by atoms with Gasteiger partial charge in [0.15, 0.2) is 5.58 Å². The molecule has 0 spiro atoms. The van der Waals surface area contributed by atoms with E-state index in [0.717, 1.165) is 0 Å². The fourth-order valence-electron chi connectivity index (χ4n) is 2.59. The van der Waals surface area contributed by atoms with Gasteiger partial charge in [-0.05, 0) is 30.3 Å². The molecular formula is C19H19N3O4. The van der Waals surface area contributed by atoms with E-state index in [9.17, 15) is 14.4 Å². The molecule has 3 rings (SSSR count). The molecule has 0 saturated heterocycles. The topological polar surface area (TPSA) is 93.3 Å². The molecule has 3 aromatic rings. The first kappa shape index (κ1) is 17.5. The highest BCUT2D eigenvalue weighted by Crippen LogP contribution is 2.16. The van der Waals surface area contributed by atoms with E-state index < -0.39 is 5.76 Å². The molecule has 1 heterocycles. The SMILES string of the molecule is CCC(=O)Nc1cccc(NC(=O)CCn2c(=O)oc3ccccc32)c1. The van der Waals surface area contributed by atoms with Crippen LogP contribution in [0.25, 0.3) is 11.1 Å². The Morgan fingerprint density at radius 2 is 1.69 bits per heavy atom. The molecule has 0 atom stereocenters. The summed E-state index contributed by atoms with van der Waals surface area (Å²) >= 11 is 0. The van der Waals surface area contributed by atoms with E-state index in [1.807, 2.05) is 6.07 Å². The van der Waals surface area contributed by atoms with E-state index in [-0.39, 0.29) is 24.8 Å². The minimum Gasteiger partial charge on any atom is -0.408 e. The van der Waals surface area contributed by atoms with Crippen LogP contribution in [0.5, 0.6) is 0 Å². The number of fused-ring (bicyclic) bond motifs is 1. The van der Waals surface area contributed by atoms with Crippen molar-refractivity contribution in [1.82, 2.24) is 4.57 Å². The second-order valence-corrected chi connectivity index (χ2v) is 5.77. The fourth-order valence-corrected chi connectivity index (χ4v) is 2.59. The molecule has 2 amide bonds. The number of carbonyl (C=O) groups is 2. The van der Waals surface area contributed by atoms with Crippen LogP contribution in [-0.4, -0.2) is 16.4 Å². The van der Waals surface area contributed by atoms with E-state index >= 15 is 0 Å². The maximum absolute atomic E-state index is 12.2. The molecular weight excluding hydrogens is 334 g/mol. The van der Waals surface area contributed by atoms with Crippen molar-refractivity contribution in [2.45, 2.75) is 26.3 Å². The molecule has 0 saturated carbocycles. The lowest BCUT2D eigenvalue weighted by molar-refractivity contribution is -0.117. The lowest BCUT2D eigenvalue weighted by Crippen LogP contribution is -2.20. The van der Waals surface area contributed by atoms with Crippen molar-refractivity contribution in [3.63, 3.8) is 0 Å². The number of para-hydroxylation sites is 2. The molecule has 0 radical (unpaired) electrons. The molecule has 0 bridgehead atoms. The van der Waals surface area contributed by atoms with Crippen LogP contribution in [0.1, 0.15) is 19.8 Å². The zero-order valence-electron chi connectivity index (χ0n) is 14.3. The third-order valence-corrected chi connectivity index (χ3v) is 3.89. The first-order valence-corrected chi connectivity index (χ1v) is 8.35. The number of aryl methyl sites for hydroxylation is 1. The van der Waals surface area contributed by atoms with Gasteiger partial charge >= 0.3 is 5.76 Å². The maximum atomic E-state index is 12.2. The molecule has 0 aliphatic carbocycles. The number of benzene rings is 2. The van der Waals surface area contributed by atoms with Crippen LogP contribution >= 0.6 is 0 Å². The van der Waals surface area contributed by atoms with Crippen molar-refractivity contribution in [2.75, 3.05) is 10.6 Å². The molecule has 0 aliphatic rings. The summed E-state index contributed by atoms with van der Waals surface area (Å²) in [6.07, 6.45) is 0.499. The van der Waals surface area contributed by atoms with Crippen LogP contribution in [0.2, 0.25) is 0 Å². The summed E-state index contributed by atoms with van der Waals surface area (Å²) in [6, 6.07) is 14.0. The highest BCUT2D eigenvalue weighted by Gasteiger charge is 2.11. The van der Waals surface area contributed by atoms with Crippen LogP contribution in [0.3, 0.4) is 0 Å². The summed E-state index contributed by atoms with van der Waals surface area (Å²) in [5, 5.41) is 5.51. The number of oxazole rings is 1. The van der Waals surface area contributed by atoms with Crippen LogP contribution in [0, 0.1) is 0 Å². The zero-order valence-corrected chi connectivity index (χ0v) is 14.3. The van der Waals surface area contributed by atoms with Crippen molar-refractivity contribution < 1.29 is 14.0 Å². The number of hydrogen-bond donors (Lipinski definition) is 2. The Hall–Kier alpha value is -3.35. The Labute approximate surface area is 149 Å². The van der Waals surface area contributed by atoms with Crippen molar-refractivity contribution in [3.8, 4) is 0 Å². The van der Waals surface area contributed by atoms with E-state index in [1.54, 1.807) is 49.4 Å². The number of nitrogens with one attached hydrogen (secondary N) is 2. The van der Waals surface area contributed by atoms with Crippen LogP contribution in [0.4, 0.5) is 11.4 Å². The molecule has 7 heteroatoms. The van der Waals surface area contributed by atoms with E-state index in [0.29, 0.717) is 28.9 Å². The number of hydrogen-bond acceptors (Lipinski definition) is 4. The number of rotatable bonds is 6. The first-order valence-electron chi connectivity index (χ1n) is 8.35. The van der Waals surface area contributed by atoms with Gasteiger partial charge in [0, 0.05) is 30.8 Å². The lowest BCUT2D eigenvalue weighted by atomic mass is 10.2. The highest BCUT2D eigenvalue weighted by atomic mass is 16.4. The normalized spacial score (nSPS) is 10.7. The molecule has 0 fully saturated rings. The average Bonchev–Trinajstić information content (AvgIpc) is 2.95. The summed E-state index contributed by atoms with van der Waals surface area (Å²) in [7, 11) is 0. The lowest BCUT2D eigenvalue weighted by Gasteiger charge is -2.08. The Morgan fingerprint density at radius 3 is 2.42 bits per heavy atom. The van der Waals surface area contributed by atoms with Gasteiger partial charge in [-0.1, -0.05) is 25.1 Å². The molecule has 2 N–H and O–H groups in total. The molecule has 134 valence electrons. The van der Waals surface area contributed by atoms with Gasteiger partial charge in [-0.15, -0.1) is 0 Å². The van der Waals surface area contributed by atoms with Gasteiger partial charge in [-0.25, -0.2) is 4.79 Å². The molecule has 26 heavy (non-hydrogen) atoms. The van der Waals surface area contributed by atoms with E-state index in [2.05, 4.69) is 10.6 Å². The summed E-state index contributed by atoms with van der Waals surface area (Å²) in [5.41, 5.74) is 2.35. The maximum Gasteiger partial charge on any atom is 0.419 e. The van der Waals surface area contributed by atoms with Gasteiger partial charge < -0.3 is 15.1 Å². The van der Waals surface area contributed by atoms with Gasteiger partial charge in [-0.2, -0.15) is 0 Å². The van der Waals surface area contributed by atoms with Gasteiger partial charge in [0.25, 0.3) is 0 Å². The average molecular weight is 353 g/mol. The third kappa shape index (κ3) is 4.00. The number of nitrogens with zero attached hydrogens (tertiary/aromatic N) is 1. The number of carbonyl (C=O) groups excluding carboxylic acids is 2. The highest BCUT2D eigenvalue weighted by molar-refractivity contribution is 5.94. The van der Waals surface area contributed by atoms with Gasteiger partial charge in [0.05, 0.1) is 5.52 Å². The Kier molecular flexibility index (Phi) is 5.17. The van der Waals surface area contributed by atoms with Crippen LogP contribution < -0.4 is 16.4 Å². The molecule has 0 aliphatic heterocycles. The molecule has 7 nitrogen and oxygen atoms in total. The molecule has 0 unspecified atom stereocenters. The number of anilines is 2. The minimum absolute atomic E-state index is 0.0975. The van der Waals surface area contributed by atoms with Crippen LogP contribution in [0.15, 0.2) is 57.7 Å². The largest absolute Gasteiger partial charge is 0.419 e. The predicted molar refractivity (Wildman–Crippen MR) is 99.1 cm³/mol. The van der Waals surface area contributed by atoms with E-state index in [4.69, 9.17) is 4.42 Å². The van der Waals surface area contributed by atoms with Crippen molar-refractivity contribution in [1.29, 1.82) is 0 Å². The van der Waals surface area contributed by atoms with Crippen molar-refractivity contribution in [2.24, 2.45) is 0 Å². The Bertz CT molecular complexity index is 1000. The summed E-state index contributed by atoms with van der Waals surface area (Å²) < 4.78 is 6.59. The minimum atomic E-state index is -0.483. The first-order chi connectivity index (χ1) is 12.6. The summed E-state index contributed by atoms with van der Waals surface area (Å²) in [5.74, 6) is -0.816. The smallest absolute Gasteiger partial charge is 0.408 e. The van der Waals surface area contributed by atoms with Gasteiger partial charge in [0.1, 0.15) is 0 Å². The van der Waals surface area contributed by atoms with E-state index in [1.165, 1.54) is 4.57 Å². The Morgan fingerprint density at radius 1 is 1.00 bits per heavy atom. The van der Waals surface area contributed by atoms with Crippen LogP contribution in [-0.2, 0) is 16.1 Å². The van der Waals surface area contributed by atoms with Crippen molar-refractivity contribution in [3.05, 3.63) is 59.1 Å². The number of aromatic nitrogens is 1. The molecule has 2 aromatic carbocycles. The fraction of sp³-hybridized carbons (Fsp3) is 0.211. The third-order valence-electron chi connectivity index (χ3n) is 3.89.